The van der Waals surface area contributed by atoms with Crippen LogP contribution in [-0.2, 0) is 9.53 Å². The molecule has 1 aliphatic carbocycles. The van der Waals surface area contributed by atoms with Gasteiger partial charge in [-0.2, -0.15) is 0 Å². The molecule has 5 heteroatoms. The van der Waals surface area contributed by atoms with Gasteiger partial charge < -0.3 is 4.74 Å². The van der Waals surface area contributed by atoms with Gasteiger partial charge in [0, 0.05) is 16.8 Å². The zero-order valence-corrected chi connectivity index (χ0v) is 10.6. The summed E-state index contributed by atoms with van der Waals surface area (Å²) in [5.74, 6) is -1.92. The molecule has 3 atom stereocenters. The summed E-state index contributed by atoms with van der Waals surface area (Å²) >= 11 is 2.14. The van der Waals surface area contributed by atoms with E-state index < -0.39 is 11.7 Å². The van der Waals surface area contributed by atoms with Crippen LogP contribution in [0.4, 0.5) is 8.78 Å². The Labute approximate surface area is 106 Å². The molecule has 2 nitrogen and oxygen atoms in total. The van der Waals surface area contributed by atoms with E-state index in [0.717, 1.165) is 6.08 Å². The van der Waals surface area contributed by atoms with E-state index in [1.54, 1.807) is 6.08 Å². The highest BCUT2D eigenvalue weighted by atomic mass is 127. The minimum absolute atomic E-state index is 0.0282. The molecule has 0 radical (unpaired) electrons. The van der Waals surface area contributed by atoms with Gasteiger partial charge in [-0.1, -0.05) is 28.7 Å². The van der Waals surface area contributed by atoms with Crippen LogP contribution in [0, 0.1) is 11.8 Å². The summed E-state index contributed by atoms with van der Waals surface area (Å²) in [4.78, 5) is 11.2. The molecule has 0 aromatic rings. The van der Waals surface area contributed by atoms with Crippen molar-refractivity contribution in [3.63, 3.8) is 0 Å². The number of halogens is 3. The summed E-state index contributed by atoms with van der Waals surface area (Å²) in [6, 6.07) is 0. The second-order valence-electron chi connectivity index (χ2n) is 4.03. The Kier molecular flexibility index (Phi) is 3.61. The Bertz CT molecular complexity index is 365. The molecule has 2 rings (SSSR count). The minimum atomic E-state index is -0.799. The average molecular weight is 340 g/mol. The van der Waals surface area contributed by atoms with E-state index in [-0.39, 0.29) is 30.3 Å². The highest BCUT2D eigenvalue weighted by Gasteiger charge is 2.39. The van der Waals surface area contributed by atoms with Crippen LogP contribution in [0.1, 0.15) is 12.8 Å². The van der Waals surface area contributed by atoms with Crippen LogP contribution in [0.15, 0.2) is 23.8 Å². The molecule has 0 N–H and O–H groups in total. The molecular weight excluding hydrogens is 329 g/mol. The first kappa shape index (κ1) is 12.0. The Morgan fingerprint density at radius 3 is 2.81 bits per heavy atom. The highest BCUT2D eigenvalue weighted by molar-refractivity contribution is 14.1. The van der Waals surface area contributed by atoms with Gasteiger partial charge in [0.15, 0.2) is 5.83 Å². The van der Waals surface area contributed by atoms with E-state index in [1.807, 2.05) is 0 Å². The smallest absolute Gasteiger partial charge is 0.306 e. The summed E-state index contributed by atoms with van der Waals surface area (Å²) < 4.78 is 31.8. The molecular formula is C11H11F2IO2. The quantitative estimate of drug-likeness (QED) is 0.439. The Morgan fingerprint density at radius 2 is 2.19 bits per heavy atom. The third-order valence-corrected chi connectivity index (χ3v) is 3.90. The van der Waals surface area contributed by atoms with Crippen molar-refractivity contribution >= 4 is 28.6 Å². The molecule has 0 aromatic heterocycles. The van der Waals surface area contributed by atoms with Crippen molar-refractivity contribution in [3.05, 3.63) is 23.8 Å². The number of hydrogen-bond acceptors (Lipinski definition) is 2. The van der Waals surface area contributed by atoms with Crippen LogP contribution in [0.5, 0.6) is 0 Å². The fourth-order valence-corrected chi connectivity index (χ4v) is 3.00. The van der Waals surface area contributed by atoms with Crippen LogP contribution in [-0.4, -0.2) is 16.5 Å². The molecule has 16 heavy (non-hydrogen) atoms. The lowest BCUT2D eigenvalue weighted by Crippen LogP contribution is -2.25. The van der Waals surface area contributed by atoms with Crippen molar-refractivity contribution in [2.45, 2.75) is 18.9 Å². The molecule has 0 bridgehead atoms. The van der Waals surface area contributed by atoms with E-state index in [4.69, 9.17) is 4.74 Å². The van der Waals surface area contributed by atoms with Gasteiger partial charge in [0.25, 0.3) is 0 Å². The number of ether oxygens (including phenoxy) is 1. The maximum Gasteiger partial charge on any atom is 0.306 e. The van der Waals surface area contributed by atoms with Gasteiger partial charge >= 0.3 is 5.97 Å². The van der Waals surface area contributed by atoms with Crippen LogP contribution < -0.4 is 0 Å². The minimum Gasteiger partial charge on any atom is -0.461 e. The highest BCUT2D eigenvalue weighted by Crippen LogP contribution is 2.38. The third-order valence-electron chi connectivity index (χ3n) is 3.03. The number of rotatable bonds is 2. The van der Waals surface area contributed by atoms with Gasteiger partial charge in [-0.25, -0.2) is 8.78 Å². The lowest BCUT2D eigenvalue weighted by Gasteiger charge is -2.24. The largest absolute Gasteiger partial charge is 0.461 e. The first-order valence-corrected chi connectivity index (χ1v) is 6.62. The third kappa shape index (κ3) is 2.28. The molecule has 1 fully saturated rings. The van der Waals surface area contributed by atoms with Crippen molar-refractivity contribution in [3.8, 4) is 0 Å². The number of carbonyl (C=O) groups is 1. The molecule has 1 aliphatic heterocycles. The van der Waals surface area contributed by atoms with Crippen LogP contribution in [0.2, 0.25) is 0 Å². The Hall–Kier alpha value is -0.460. The molecule has 1 saturated heterocycles. The van der Waals surface area contributed by atoms with E-state index in [1.165, 1.54) is 0 Å². The fourth-order valence-electron chi connectivity index (χ4n) is 2.17. The number of allylic oxidation sites excluding steroid dienone is 4. The topological polar surface area (TPSA) is 26.3 Å². The maximum absolute atomic E-state index is 13.1. The standard InChI is InChI=1S/C11H11F2IO2/c12-8-2-1-6(3-9(8)13)7-4-11(15)16-10(7)5-14/h1-2,6-7,10H,3-5H2. The van der Waals surface area contributed by atoms with Crippen molar-refractivity contribution < 1.29 is 18.3 Å². The molecule has 0 spiro atoms. The average Bonchev–Trinajstić information content (AvgIpc) is 2.63. The normalized spacial score (nSPS) is 34.4. The summed E-state index contributed by atoms with van der Waals surface area (Å²) in [5, 5.41) is 0. The lowest BCUT2D eigenvalue weighted by atomic mass is 9.82. The summed E-state index contributed by atoms with van der Waals surface area (Å²) in [6.07, 6.45) is 2.96. The molecule has 3 unspecified atom stereocenters. The van der Waals surface area contributed by atoms with Gasteiger partial charge in [-0.15, -0.1) is 0 Å². The van der Waals surface area contributed by atoms with Crippen LogP contribution in [0.25, 0.3) is 0 Å². The van der Waals surface area contributed by atoms with Gasteiger partial charge in [-0.3, -0.25) is 4.79 Å². The molecule has 1 heterocycles. The van der Waals surface area contributed by atoms with E-state index >= 15 is 0 Å². The van der Waals surface area contributed by atoms with Gasteiger partial charge in [0.05, 0.1) is 6.42 Å². The second-order valence-corrected chi connectivity index (χ2v) is 4.91. The number of carbonyl (C=O) groups excluding carboxylic acids is 1. The number of esters is 1. The Morgan fingerprint density at radius 1 is 1.44 bits per heavy atom. The summed E-state index contributed by atoms with van der Waals surface area (Å²) in [7, 11) is 0. The molecule has 0 saturated carbocycles. The lowest BCUT2D eigenvalue weighted by molar-refractivity contribution is -0.140. The van der Waals surface area contributed by atoms with E-state index in [2.05, 4.69) is 22.6 Å². The van der Waals surface area contributed by atoms with Gasteiger partial charge in [0.2, 0.25) is 0 Å². The molecule has 88 valence electrons. The predicted octanol–water partition coefficient (Wildman–Crippen LogP) is 3.08. The summed E-state index contributed by atoms with van der Waals surface area (Å²) in [5.41, 5.74) is 0. The molecule has 2 aliphatic rings. The number of cyclic esters (lactones) is 1. The zero-order valence-electron chi connectivity index (χ0n) is 8.46. The molecule has 0 aromatic carbocycles. The zero-order chi connectivity index (χ0) is 11.7. The number of alkyl halides is 1. The monoisotopic (exact) mass is 340 g/mol. The van der Waals surface area contributed by atoms with Gasteiger partial charge in [-0.05, 0) is 12.0 Å². The summed E-state index contributed by atoms with van der Waals surface area (Å²) in [6.45, 7) is 0. The van der Waals surface area contributed by atoms with E-state index in [0.29, 0.717) is 10.8 Å². The van der Waals surface area contributed by atoms with Crippen molar-refractivity contribution in [2.75, 3.05) is 4.43 Å². The van der Waals surface area contributed by atoms with Gasteiger partial charge in [0.1, 0.15) is 11.9 Å². The first-order chi connectivity index (χ1) is 7.61. The van der Waals surface area contributed by atoms with Crippen LogP contribution >= 0.6 is 22.6 Å². The van der Waals surface area contributed by atoms with Crippen molar-refractivity contribution in [1.82, 2.24) is 0 Å². The Balaban J connectivity index is 2.10. The molecule has 0 amide bonds. The predicted molar refractivity (Wildman–Crippen MR) is 63.4 cm³/mol. The number of hydrogen-bond donors (Lipinski definition) is 0. The van der Waals surface area contributed by atoms with Crippen molar-refractivity contribution in [2.24, 2.45) is 11.8 Å². The maximum atomic E-state index is 13.1. The SMILES string of the molecule is O=C1CC(C2C=CC(F)=C(F)C2)C(CI)O1. The van der Waals surface area contributed by atoms with E-state index in [9.17, 15) is 13.6 Å². The van der Waals surface area contributed by atoms with Crippen LogP contribution in [0.3, 0.4) is 0 Å². The van der Waals surface area contributed by atoms with Crippen molar-refractivity contribution in [1.29, 1.82) is 0 Å². The first-order valence-electron chi connectivity index (χ1n) is 5.09. The second kappa shape index (κ2) is 4.81. The fraction of sp³-hybridized carbons (Fsp3) is 0.545.